The molecule has 5 rings (SSSR count). The number of ketones is 2. The van der Waals surface area contributed by atoms with Gasteiger partial charge in [0.05, 0.1) is 23.9 Å². The van der Waals surface area contributed by atoms with Gasteiger partial charge in [0.2, 0.25) is 0 Å². The maximum absolute atomic E-state index is 11.2. The monoisotopic (exact) mass is 583 g/mol. The normalized spacial score (nSPS) is 20.5. The molecule has 1 saturated heterocycles. The molecule has 2 N–H and O–H groups in total. The van der Waals surface area contributed by atoms with Gasteiger partial charge >= 0.3 is 23.9 Å². The van der Waals surface area contributed by atoms with Crippen LogP contribution in [0, 0.1) is 0 Å². The van der Waals surface area contributed by atoms with Crippen LogP contribution in [0.5, 0.6) is 0 Å². The van der Waals surface area contributed by atoms with E-state index in [4.69, 9.17) is 27.9 Å². The molecule has 206 valence electrons. The van der Waals surface area contributed by atoms with E-state index >= 15 is 0 Å². The summed E-state index contributed by atoms with van der Waals surface area (Å²) in [6.45, 7) is 4.55. The number of halogens is 8. The zero-order valence-corrected chi connectivity index (χ0v) is 21.0. The molecule has 0 saturated carbocycles. The number of nitrogens with zero attached hydrogens (tertiary/aromatic N) is 1. The summed E-state index contributed by atoms with van der Waals surface area (Å²) in [5.74, 6) is -6.28. The third-order valence-corrected chi connectivity index (χ3v) is 6.98. The number of carbonyl (C=O) groups excluding carboxylic acids is 2. The predicted octanol–water partition coefficient (Wildman–Crippen LogP) is 5.78. The summed E-state index contributed by atoms with van der Waals surface area (Å²) in [5, 5.41) is 8.36. The SMILES string of the molecule is Clc1ccc(Cl)c(Nc2cc3c4c(c2)[C@@H]2CNCC[C@@H]2N4CCOC3)c1.O=C(C(=O)C(F)(F)F)C(F)(F)F. The van der Waals surface area contributed by atoms with E-state index in [9.17, 15) is 35.9 Å². The fraction of sp³-hybridized carbons (Fsp3) is 0.417. The molecule has 0 unspecified atom stereocenters. The first kappa shape index (κ1) is 28.5. The molecule has 3 aliphatic heterocycles. The van der Waals surface area contributed by atoms with Gasteiger partial charge in [-0.2, -0.15) is 26.3 Å². The van der Waals surface area contributed by atoms with E-state index in [2.05, 4.69) is 27.7 Å². The Morgan fingerprint density at radius 3 is 2.37 bits per heavy atom. The zero-order chi connectivity index (χ0) is 27.8. The Labute approximate surface area is 223 Å². The molecular weight excluding hydrogens is 563 g/mol. The second-order valence-corrected chi connectivity index (χ2v) is 9.73. The van der Waals surface area contributed by atoms with Crippen LogP contribution in [0.25, 0.3) is 0 Å². The molecule has 2 atom stereocenters. The molecule has 6 nitrogen and oxygen atoms in total. The average molecular weight is 584 g/mol. The Morgan fingerprint density at radius 1 is 1.03 bits per heavy atom. The fourth-order valence-electron chi connectivity index (χ4n) is 4.86. The molecule has 2 aromatic rings. The standard InChI is InChI=1S/C20H21Cl2N3O.C4F6O2/c21-13-1-2-17(22)18(8-13)24-14-7-12-11-26-6-5-25-19-3-4-23-10-16(19)15(9-14)20(12)25;5-3(6,7)1(11)2(12)4(8,9)10/h1-2,7-9,16,19,23-24H,3-6,10-11H2;/t16-,19-;/m0./s1. The summed E-state index contributed by atoms with van der Waals surface area (Å²) in [4.78, 5) is 21.8. The Balaban J connectivity index is 0.000000240. The van der Waals surface area contributed by atoms with Crippen LogP contribution in [0.15, 0.2) is 30.3 Å². The number of nitrogens with one attached hydrogen (secondary N) is 2. The Morgan fingerprint density at radius 2 is 1.71 bits per heavy atom. The summed E-state index contributed by atoms with van der Waals surface area (Å²) in [7, 11) is 0. The summed E-state index contributed by atoms with van der Waals surface area (Å²) < 4.78 is 72.8. The quantitative estimate of drug-likeness (QED) is 0.352. The van der Waals surface area contributed by atoms with Crippen molar-refractivity contribution in [2.24, 2.45) is 0 Å². The number of rotatable bonds is 3. The van der Waals surface area contributed by atoms with Gasteiger partial charge in [-0.1, -0.05) is 23.2 Å². The Kier molecular flexibility index (Phi) is 8.17. The smallest absolute Gasteiger partial charge is 0.375 e. The maximum atomic E-state index is 11.2. The predicted molar refractivity (Wildman–Crippen MR) is 129 cm³/mol. The van der Waals surface area contributed by atoms with Crippen LogP contribution in [0.1, 0.15) is 23.5 Å². The van der Waals surface area contributed by atoms with E-state index in [-0.39, 0.29) is 0 Å². The highest BCUT2D eigenvalue weighted by Crippen LogP contribution is 2.48. The molecule has 38 heavy (non-hydrogen) atoms. The number of piperidine rings is 1. The molecule has 0 bridgehead atoms. The number of ether oxygens (including phenoxy) is 1. The number of benzene rings is 2. The minimum atomic E-state index is -5.77. The minimum Gasteiger partial charge on any atom is -0.375 e. The molecule has 3 heterocycles. The molecule has 0 radical (unpaired) electrons. The average Bonchev–Trinajstić information content (AvgIpc) is 3.00. The van der Waals surface area contributed by atoms with Gasteiger partial charge in [-0.05, 0) is 48.9 Å². The molecule has 0 amide bonds. The first-order valence-electron chi connectivity index (χ1n) is 11.4. The van der Waals surface area contributed by atoms with Gasteiger partial charge < -0.3 is 20.3 Å². The first-order chi connectivity index (χ1) is 17.8. The van der Waals surface area contributed by atoms with Gasteiger partial charge in [0.15, 0.2) is 0 Å². The van der Waals surface area contributed by atoms with Crippen LogP contribution < -0.4 is 15.5 Å². The van der Waals surface area contributed by atoms with Crippen molar-refractivity contribution in [3.05, 3.63) is 51.5 Å². The van der Waals surface area contributed by atoms with E-state index in [0.29, 0.717) is 28.6 Å². The van der Waals surface area contributed by atoms with Crippen molar-refractivity contribution >= 4 is 51.8 Å². The van der Waals surface area contributed by atoms with E-state index in [1.54, 1.807) is 6.07 Å². The van der Waals surface area contributed by atoms with Crippen molar-refractivity contribution in [2.45, 2.75) is 37.3 Å². The van der Waals surface area contributed by atoms with E-state index in [1.165, 1.54) is 23.2 Å². The van der Waals surface area contributed by atoms with Gasteiger partial charge in [0.1, 0.15) is 0 Å². The van der Waals surface area contributed by atoms with Gasteiger partial charge in [-0.3, -0.25) is 9.59 Å². The number of hydrogen-bond acceptors (Lipinski definition) is 6. The first-order valence-corrected chi connectivity index (χ1v) is 12.2. The maximum Gasteiger partial charge on any atom is 0.458 e. The molecule has 14 heteroatoms. The molecule has 0 aliphatic carbocycles. The third-order valence-electron chi connectivity index (χ3n) is 6.41. The van der Waals surface area contributed by atoms with Crippen LogP contribution in [-0.2, 0) is 20.9 Å². The summed E-state index contributed by atoms with van der Waals surface area (Å²) in [6.07, 6.45) is -10.4. The molecule has 0 aromatic heterocycles. The molecule has 1 fully saturated rings. The number of alkyl halides is 6. The summed E-state index contributed by atoms with van der Waals surface area (Å²) in [6, 6.07) is 10.5. The fourth-order valence-corrected chi connectivity index (χ4v) is 5.20. The van der Waals surface area contributed by atoms with Crippen molar-refractivity contribution in [3.8, 4) is 0 Å². The summed E-state index contributed by atoms with van der Waals surface area (Å²) >= 11 is 12.5. The van der Waals surface area contributed by atoms with Crippen LogP contribution in [0.4, 0.5) is 43.4 Å². The highest BCUT2D eigenvalue weighted by Gasteiger charge is 2.54. The van der Waals surface area contributed by atoms with Gasteiger partial charge in [-0.15, -0.1) is 0 Å². The van der Waals surface area contributed by atoms with Crippen molar-refractivity contribution < 1.29 is 40.7 Å². The van der Waals surface area contributed by atoms with Crippen LogP contribution in [-0.4, -0.2) is 56.2 Å². The van der Waals surface area contributed by atoms with Crippen LogP contribution >= 0.6 is 23.2 Å². The molecule has 3 aliphatic rings. The molecular formula is C24H21Cl2F6N3O3. The lowest BCUT2D eigenvalue weighted by atomic mass is 9.89. The second kappa shape index (κ2) is 10.9. The topological polar surface area (TPSA) is 70.7 Å². The largest absolute Gasteiger partial charge is 0.458 e. The number of hydrogen-bond donors (Lipinski definition) is 2. The Bertz CT molecular complexity index is 1210. The van der Waals surface area contributed by atoms with E-state index in [1.807, 2.05) is 12.1 Å². The third kappa shape index (κ3) is 6.03. The number of anilines is 3. The van der Waals surface area contributed by atoms with Crippen molar-refractivity contribution in [1.29, 1.82) is 0 Å². The van der Waals surface area contributed by atoms with Crippen molar-refractivity contribution in [3.63, 3.8) is 0 Å². The highest BCUT2D eigenvalue weighted by molar-refractivity contribution is 6.41. The second-order valence-electron chi connectivity index (χ2n) is 8.89. The van der Waals surface area contributed by atoms with Crippen LogP contribution in [0.3, 0.4) is 0 Å². The van der Waals surface area contributed by atoms with Gasteiger partial charge in [0.25, 0.3) is 0 Å². The van der Waals surface area contributed by atoms with Crippen molar-refractivity contribution in [2.75, 3.05) is 36.5 Å². The van der Waals surface area contributed by atoms with Crippen LogP contribution in [0.2, 0.25) is 10.0 Å². The lowest BCUT2D eigenvalue weighted by Crippen LogP contribution is -2.44. The number of Topliss-reactive ketones (excluding diaryl/α,β-unsaturated/α-hetero) is 2. The highest BCUT2D eigenvalue weighted by atomic mass is 35.5. The lowest BCUT2D eigenvalue weighted by Gasteiger charge is -2.33. The van der Waals surface area contributed by atoms with Crippen molar-refractivity contribution in [1.82, 2.24) is 5.32 Å². The number of fused-ring (bicyclic) bond motifs is 3. The molecule has 0 spiro atoms. The minimum absolute atomic E-state index is 0.534. The summed E-state index contributed by atoms with van der Waals surface area (Å²) in [5.41, 5.74) is 5.94. The number of carbonyl (C=O) groups is 2. The Hall–Kier alpha value is -2.54. The molecule has 2 aromatic carbocycles. The zero-order valence-electron chi connectivity index (χ0n) is 19.5. The van der Waals surface area contributed by atoms with E-state index in [0.717, 1.165) is 37.6 Å². The van der Waals surface area contributed by atoms with Gasteiger partial charge in [0, 0.05) is 47.0 Å². The van der Waals surface area contributed by atoms with E-state index < -0.39 is 23.9 Å². The lowest BCUT2D eigenvalue weighted by molar-refractivity contribution is -0.193. The van der Waals surface area contributed by atoms with Gasteiger partial charge in [-0.25, -0.2) is 0 Å².